The van der Waals surface area contributed by atoms with E-state index in [4.69, 9.17) is 17.3 Å². The SMILES string of the molecule is CS(=O)(=O)c1cc(C(=O)N(CCC(N)=O)c2ccc(F)cc2)ccc1Cl. The van der Waals surface area contributed by atoms with Crippen molar-refractivity contribution in [3.8, 4) is 0 Å². The van der Waals surface area contributed by atoms with Gasteiger partial charge in [-0.05, 0) is 42.5 Å². The Kier molecular flexibility index (Phi) is 5.99. The van der Waals surface area contributed by atoms with Crippen molar-refractivity contribution in [2.75, 3.05) is 17.7 Å². The van der Waals surface area contributed by atoms with Gasteiger partial charge < -0.3 is 10.6 Å². The van der Waals surface area contributed by atoms with Gasteiger partial charge >= 0.3 is 0 Å². The van der Waals surface area contributed by atoms with Crippen molar-refractivity contribution < 1.29 is 22.4 Å². The van der Waals surface area contributed by atoms with Crippen LogP contribution in [0, 0.1) is 5.82 Å². The number of amides is 2. The maximum Gasteiger partial charge on any atom is 0.258 e. The summed E-state index contributed by atoms with van der Waals surface area (Å²) < 4.78 is 36.8. The van der Waals surface area contributed by atoms with E-state index in [0.29, 0.717) is 5.69 Å². The van der Waals surface area contributed by atoms with E-state index in [0.717, 1.165) is 6.26 Å². The molecule has 6 nitrogen and oxygen atoms in total. The first kappa shape index (κ1) is 19.9. The summed E-state index contributed by atoms with van der Waals surface area (Å²) in [5.41, 5.74) is 5.55. The average molecular weight is 399 g/mol. The minimum atomic E-state index is -3.64. The van der Waals surface area contributed by atoms with Gasteiger partial charge in [0.15, 0.2) is 9.84 Å². The van der Waals surface area contributed by atoms with Crippen molar-refractivity contribution in [1.29, 1.82) is 0 Å². The van der Waals surface area contributed by atoms with Crippen molar-refractivity contribution in [1.82, 2.24) is 0 Å². The molecule has 0 radical (unpaired) electrons. The predicted octanol–water partition coefficient (Wildman–Crippen LogP) is 2.40. The molecular formula is C17H16ClFN2O4S. The first-order chi connectivity index (χ1) is 12.1. The van der Waals surface area contributed by atoms with E-state index in [2.05, 4.69) is 0 Å². The molecule has 0 bridgehead atoms. The van der Waals surface area contributed by atoms with E-state index in [1.54, 1.807) is 0 Å². The minimum absolute atomic E-state index is 0.00508. The van der Waals surface area contributed by atoms with Gasteiger partial charge in [-0.25, -0.2) is 12.8 Å². The highest BCUT2D eigenvalue weighted by atomic mass is 35.5. The van der Waals surface area contributed by atoms with Crippen LogP contribution < -0.4 is 10.6 Å². The second-order valence-corrected chi connectivity index (χ2v) is 7.96. The number of carbonyl (C=O) groups excluding carboxylic acids is 2. The molecule has 2 rings (SSSR count). The van der Waals surface area contributed by atoms with Crippen LogP contribution in [0.3, 0.4) is 0 Å². The molecule has 26 heavy (non-hydrogen) atoms. The zero-order valence-corrected chi connectivity index (χ0v) is 15.3. The molecular weight excluding hydrogens is 383 g/mol. The van der Waals surface area contributed by atoms with Crippen LogP contribution in [-0.4, -0.2) is 33.0 Å². The van der Waals surface area contributed by atoms with Gasteiger partial charge in [-0.3, -0.25) is 9.59 Å². The number of nitrogens with two attached hydrogens (primary N) is 1. The molecule has 0 spiro atoms. The molecule has 9 heteroatoms. The van der Waals surface area contributed by atoms with Crippen LogP contribution in [0.2, 0.25) is 5.02 Å². The standard InChI is InChI=1S/C17H16ClFN2O4S/c1-26(24,25)15-10-11(2-7-14(15)18)17(23)21(9-8-16(20)22)13-5-3-12(19)4-6-13/h2-7,10H,8-9H2,1H3,(H2,20,22). The van der Waals surface area contributed by atoms with Gasteiger partial charge in [-0.2, -0.15) is 0 Å². The summed E-state index contributed by atoms with van der Waals surface area (Å²) >= 11 is 5.90. The van der Waals surface area contributed by atoms with Gasteiger partial charge in [-0.1, -0.05) is 11.6 Å². The van der Waals surface area contributed by atoms with E-state index >= 15 is 0 Å². The Morgan fingerprint density at radius 2 is 1.77 bits per heavy atom. The number of hydrogen-bond donors (Lipinski definition) is 1. The number of halogens is 2. The molecule has 0 unspecified atom stereocenters. The lowest BCUT2D eigenvalue weighted by atomic mass is 10.1. The Morgan fingerprint density at radius 1 is 1.15 bits per heavy atom. The molecule has 0 fully saturated rings. The summed E-state index contributed by atoms with van der Waals surface area (Å²) in [5.74, 6) is -1.67. The molecule has 0 heterocycles. The summed E-state index contributed by atoms with van der Waals surface area (Å²) in [7, 11) is -3.64. The van der Waals surface area contributed by atoms with Crippen LogP contribution in [0.5, 0.6) is 0 Å². The van der Waals surface area contributed by atoms with Gasteiger partial charge in [-0.15, -0.1) is 0 Å². The Balaban J connectivity index is 2.46. The summed E-state index contributed by atoms with van der Waals surface area (Å²) in [6, 6.07) is 8.94. The van der Waals surface area contributed by atoms with Gasteiger partial charge in [0.2, 0.25) is 5.91 Å². The zero-order chi connectivity index (χ0) is 19.5. The number of benzene rings is 2. The van der Waals surface area contributed by atoms with Gasteiger partial charge in [0.25, 0.3) is 5.91 Å². The largest absolute Gasteiger partial charge is 0.370 e. The van der Waals surface area contributed by atoms with E-state index < -0.39 is 27.5 Å². The molecule has 0 atom stereocenters. The molecule has 138 valence electrons. The summed E-state index contributed by atoms with van der Waals surface area (Å²) in [6.07, 6.45) is 0.864. The Bertz CT molecular complexity index is 946. The maximum absolute atomic E-state index is 13.2. The molecule has 0 aliphatic rings. The Morgan fingerprint density at radius 3 is 2.31 bits per heavy atom. The maximum atomic E-state index is 13.2. The molecule has 0 aliphatic carbocycles. The fourth-order valence-electron chi connectivity index (χ4n) is 2.27. The lowest BCUT2D eigenvalue weighted by molar-refractivity contribution is -0.117. The van der Waals surface area contributed by atoms with E-state index in [9.17, 15) is 22.4 Å². The van der Waals surface area contributed by atoms with E-state index in [1.165, 1.54) is 47.4 Å². The van der Waals surface area contributed by atoms with Crippen molar-refractivity contribution >= 4 is 38.9 Å². The molecule has 0 aromatic heterocycles. The monoisotopic (exact) mass is 398 g/mol. The second-order valence-electron chi connectivity index (χ2n) is 5.57. The summed E-state index contributed by atoms with van der Waals surface area (Å²) in [4.78, 5) is 25.0. The lowest BCUT2D eigenvalue weighted by Gasteiger charge is -2.23. The average Bonchev–Trinajstić information content (AvgIpc) is 2.55. The summed E-state index contributed by atoms with van der Waals surface area (Å²) in [5, 5.41) is -0.00508. The number of carbonyl (C=O) groups is 2. The second kappa shape index (κ2) is 7.84. The molecule has 2 N–H and O–H groups in total. The van der Waals surface area contributed by atoms with Crippen molar-refractivity contribution in [3.05, 3.63) is 58.9 Å². The van der Waals surface area contributed by atoms with Crippen molar-refractivity contribution in [2.45, 2.75) is 11.3 Å². The number of primary amides is 1. The number of nitrogens with zero attached hydrogens (tertiary/aromatic N) is 1. The fourth-order valence-corrected chi connectivity index (χ4v) is 3.57. The molecule has 0 saturated carbocycles. The minimum Gasteiger partial charge on any atom is -0.370 e. The topological polar surface area (TPSA) is 97.5 Å². The number of hydrogen-bond acceptors (Lipinski definition) is 4. The Hall–Kier alpha value is -2.45. The third kappa shape index (κ3) is 4.80. The van der Waals surface area contributed by atoms with Gasteiger partial charge in [0.05, 0.1) is 9.92 Å². The van der Waals surface area contributed by atoms with E-state index in [-0.39, 0.29) is 28.4 Å². The number of sulfone groups is 1. The first-order valence-electron chi connectivity index (χ1n) is 7.45. The van der Waals surface area contributed by atoms with E-state index in [1.807, 2.05) is 0 Å². The highest BCUT2D eigenvalue weighted by Crippen LogP contribution is 2.25. The normalized spacial score (nSPS) is 11.2. The molecule has 2 aromatic carbocycles. The highest BCUT2D eigenvalue weighted by Gasteiger charge is 2.21. The van der Waals surface area contributed by atoms with Gasteiger partial charge in [0.1, 0.15) is 5.82 Å². The lowest BCUT2D eigenvalue weighted by Crippen LogP contribution is -2.34. The summed E-state index contributed by atoms with van der Waals surface area (Å²) in [6.45, 7) is -0.0450. The molecule has 2 aromatic rings. The van der Waals surface area contributed by atoms with Crippen LogP contribution >= 0.6 is 11.6 Å². The smallest absolute Gasteiger partial charge is 0.258 e. The molecule has 0 aliphatic heterocycles. The zero-order valence-electron chi connectivity index (χ0n) is 13.8. The van der Waals surface area contributed by atoms with Crippen LogP contribution in [-0.2, 0) is 14.6 Å². The number of rotatable bonds is 6. The van der Waals surface area contributed by atoms with Crippen LogP contribution in [0.25, 0.3) is 0 Å². The fraction of sp³-hybridized carbons (Fsp3) is 0.176. The highest BCUT2D eigenvalue weighted by molar-refractivity contribution is 7.90. The predicted molar refractivity (Wildman–Crippen MR) is 96.4 cm³/mol. The van der Waals surface area contributed by atoms with Crippen molar-refractivity contribution in [3.63, 3.8) is 0 Å². The van der Waals surface area contributed by atoms with Crippen LogP contribution in [0.15, 0.2) is 47.4 Å². The molecule has 2 amide bonds. The Labute approximate surface area is 155 Å². The number of anilines is 1. The van der Waals surface area contributed by atoms with Gasteiger partial charge in [0, 0.05) is 30.5 Å². The molecule has 0 saturated heterocycles. The van der Waals surface area contributed by atoms with Crippen LogP contribution in [0.1, 0.15) is 16.8 Å². The van der Waals surface area contributed by atoms with Crippen LogP contribution in [0.4, 0.5) is 10.1 Å². The quantitative estimate of drug-likeness (QED) is 0.807. The third-order valence-corrected chi connectivity index (χ3v) is 5.12. The first-order valence-corrected chi connectivity index (χ1v) is 9.72. The third-order valence-electron chi connectivity index (χ3n) is 3.54. The van der Waals surface area contributed by atoms with Crippen molar-refractivity contribution in [2.24, 2.45) is 5.73 Å².